The van der Waals surface area contributed by atoms with Crippen molar-refractivity contribution in [3.63, 3.8) is 0 Å². The Morgan fingerprint density at radius 3 is 1.49 bits per heavy atom. The summed E-state index contributed by atoms with van der Waals surface area (Å²) in [5.41, 5.74) is 0. The SMILES string of the molecule is CC(C)CCOCCOCCOCC(=O)NCCOCCC(=O)NCCOCCOCCOCCOC(C)C. The molecule has 232 valence electrons. The zero-order valence-electron chi connectivity index (χ0n) is 24.7. The van der Waals surface area contributed by atoms with Crippen molar-refractivity contribution in [2.24, 2.45) is 5.92 Å². The van der Waals surface area contributed by atoms with Crippen molar-refractivity contribution in [1.82, 2.24) is 10.6 Å². The fourth-order valence-corrected chi connectivity index (χ4v) is 2.74. The van der Waals surface area contributed by atoms with Crippen LogP contribution in [0.25, 0.3) is 0 Å². The Hall–Kier alpha value is -1.38. The lowest BCUT2D eigenvalue weighted by Crippen LogP contribution is -2.32. The maximum Gasteiger partial charge on any atom is 0.246 e. The predicted molar refractivity (Wildman–Crippen MR) is 147 cm³/mol. The molecule has 0 aliphatic heterocycles. The minimum atomic E-state index is -0.223. The van der Waals surface area contributed by atoms with Crippen LogP contribution in [-0.2, 0) is 47.5 Å². The molecule has 2 N–H and O–H groups in total. The van der Waals surface area contributed by atoms with Crippen LogP contribution >= 0.6 is 0 Å². The van der Waals surface area contributed by atoms with Gasteiger partial charge in [-0.25, -0.2) is 0 Å². The van der Waals surface area contributed by atoms with Crippen molar-refractivity contribution in [3.05, 3.63) is 0 Å². The van der Waals surface area contributed by atoms with Gasteiger partial charge in [0.25, 0.3) is 0 Å². The monoisotopic (exact) mass is 566 g/mol. The van der Waals surface area contributed by atoms with Crippen LogP contribution in [0.5, 0.6) is 0 Å². The van der Waals surface area contributed by atoms with E-state index >= 15 is 0 Å². The minimum Gasteiger partial charge on any atom is -0.379 e. The van der Waals surface area contributed by atoms with Crippen molar-refractivity contribution in [2.45, 2.75) is 46.6 Å². The second-order valence-corrected chi connectivity index (χ2v) is 9.28. The molecule has 0 atom stereocenters. The molecule has 0 aromatic rings. The lowest BCUT2D eigenvalue weighted by molar-refractivity contribution is -0.127. The maximum absolute atomic E-state index is 11.8. The first-order valence-corrected chi connectivity index (χ1v) is 14.1. The molecule has 0 fully saturated rings. The van der Waals surface area contributed by atoms with Crippen LogP contribution in [0.3, 0.4) is 0 Å². The summed E-state index contributed by atoms with van der Waals surface area (Å²) >= 11 is 0. The molecular weight excluding hydrogens is 512 g/mol. The lowest BCUT2D eigenvalue weighted by atomic mass is 10.1. The van der Waals surface area contributed by atoms with E-state index in [9.17, 15) is 9.59 Å². The third-order valence-corrected chi connectivity index (χ3v) is 4.85. The number of carbonyl (C=O) groups excluding carboxylic acids is 2. The van der Waals surface area contributed by atoms with Gasteiger partial charge in [-0.3, -0.25) is 9.59 Å². The van der Waals surface area contributed by atoms with Gasteiger partial charge in [-0.2, -0.15) is 0 Å². The molecule has 0 saturated carbocycles. The topological polar surface area (TPSA) is 132 Å². The lowest BCUT2D eigenvalue weighted by Gasteiger charge is -2.09. The molecule has 2 amide bonds. The summed E-state index contributed by atoms with van der Waals surface area (Å²) in [5.74, 6) is 0.296. The molecule has 0 rings (SSSR count). The first-order valence-electron chi connectivity index (χ1n) is 14.1. The average molecular weight is 567 g/mol. The molecule has 0 heterocycles. The van der Waals surface area contributed by atoms with Gasteiger partial charge in [-0.05, 0) is 26.2 Å². The predicted octanol–water partition coefficient (Wildman–Crippen LogP) is 1.20. The van der Waals surface area contributed by atoms with Gasteiger partial charge in [-0.15, -0.1) is 0 Å². The number of hydrogen-bond acceptors (Lipinski definition) is 10. The Labute approximate surface area is 235 Å². The van der Waals surface area contributed by atoms with E-state index in [1.54, 1.807) is 0 Å². The largest absolute Gasteiger partial charge is 0.379 e. The summed E-state index contributed by atoms with van der Waals surface area (Å²) in [6.45, 7) is 15.7. The van der Waals surface area contributed by atoms with E-state index in [4.69, 9.17) is 37.9 Å². The standard InChI is InChI=1S/C27H54N2O10/c1-24(2)5-9-33-13-15-36-19-20-38-23-27(31)29-8-11-32-10-6-26(30)28-7-12-34-14-16-35-17-18-37-21-22-39-25(3)4/h24-25H,5-23H2,1-4H3,(H,28,30)(H,29,31). The number of hydrogen-bond donors (Lipinski definition) is 2. The molecular formula is C27H54N2O10. The van der Waals surface area contributed by atoms with E-state index in [0.29, 0.717) is 98.3 Å². The van der Waals surface area contributed by atoms with E-state index in [-0.39, 0.29) is 37.6 Å². The van der Waals surface area contributed by atoms with E-state index in [1.807, 2.05) is 13.8 Å². The summed E-state index contributed by atoms with van der Waals surface area (Å²) in [5, 5.41) is 5.46. The van der Waals surface area contributed by atoms with Crippen molar-refractivity contribution in [3.8, 4) is 0 Å². The van der Waals surface area contributed by atoms with Crippen LogP contribution in [-0.4, -0.2) is 130 Å². The zero-order valence-corrected chi connectivity index (χ0v) is 24.7. The maximum atomic E-state index is 11.8. The molecule has 0 aliphatic carbocycles. The van der Waals surface area contributed by atoms with Gasteiger partial charge in [-0.1, -0.05) is 13.8 Å². The Morgan fingerprint density at radius 2 is 0.949 bits per heavy atom. The molecule has 0 aliphatic rings. The molecule has 12 heteroatoms. The highest BCUT2D eigenvalue weighted by atomic mass is 16.6. The van der Waals surface area contributed by atoms with E-state index in [2.05, 4.69) is 24.5 Å². The smallest absolute Gasteiger partial charge is 0.246 e. The van der Waals surface area contributed by atoms with Gasteiger partial charge in [0.15, 0.2) is 0 Å². The molecule has 0 aromatic heterocycles. The van der Waals surface area contributed by atoms with Crippen LogP contribution in [0.15, 0.2) is 0 Å². The van der Waals surface area contributed by atoms with Gasteiger partial charge in [0.1, 0.15) is 6.61 Å². The number of carbonyl (C=O) groups is 2. The highest BCUT2D eigenvalue weighted by molar-refractivity contribution is 5.77. The highest BCUT2D eigenvalue weighted by Gasteiger charge is 2.03. The summed E-state index contributed by atoms with van der Waals surface area (Å²) in [7, 11) is 0. The van der Waals surface area contributed by atoms with Gasteiger partial charge in [0.2, 0.25) is 11.8 Å². The first-order chi connectivity index (χ1) is 18.9. The molecule has 0 aromatic carbocycles. The van der Waals surface area contributed by atoms with Crippen LogP contribution in [0.2, 0.25) is 0 Å². The Balaban J connectivity index is 3.28. The zero-order chi connectivity index (χ0) is 28.8. The van der Waals surface area contributed by atoms with Crippen molar-refractivity contribution >= 4 is 11.8 Å². The number of rotatable bonds is 30. The quantitative estimate of drug-likeness (QED) is 0.122. The van der Waals surface area contributed by atoms with Gasteiger partial charge in [0.05, 0.1) is 92.0 Å². The molecule has 0 radical (unpaired) electrons. The normalized spacial score (nSPS) is 11.4. The molecule has 12 nitrogen and oxygen atoms in total. The molecule has 0 bridgehead atoms. The van der Waals surface area contributed by atoms with Crippen LogP contribution < -0.4 is 10.6 Å². The van der Waals surface area contributed by atoms with Crippen molar-refractivity contribution in [1.29, 1.82) is 0 Å². The van der Waals surface area contributed by atoms with Gasteiger partial charge < -0.3 is 48.5 Å². The summed E-state index contributed by atoms with van der Waals surface area (Å²) < 4.78 is 43.1. The summed E-state index contributed by atoms with van der Waals surface area (Å²) in [6.07, 6.45) is 1.50. The summed E-state index contributed by atoms with van der Waals surface area (Å²) in [4.78, 5) is 23.5. The van der Waals surface area contributed by atoms with Crippen molar-refractivity contribution < 1.29 is 47.5 Å². The number of ether oxygens (including phenoxy) is 8. The summed E-state index contributed by atoms with van der Waals surface area (Å²) in [6, 6.07) is 0. The fraction of sp³-hybridized carbons (Fsp3) is 0.926. The molecule has 39 heavy (non-hydrogen) atoms. The second-order valence-electron chi connectivity index (χ2n) is 9.28. The average Bonchev–Trinajstić information content (AvgIpc) is 2.89. The molecule has 0 unspecified atom stereocenters. The van der Waals surface area contributed by atoms with Gasteiger partial charge in [0, 0.05) is 26.1 Å². The van der Waals surface area contributed by atoms with E-state index in [1.165, 1.54) is 0 Å². The number of nitrogens with one attached hydrogen (secondary N) is 2. The molecule has 0 saturated heterocycles. The Bertz CT molecular complexity index is 553. The molecule has 0 spiro atoms. The third kappa shape index (κ3) is 32.7. The van der Waals surface area contributed by atoms with Crippen LogP contribution in [0.4, 0.5) is 0 Å². The number of amides is 2. The van der Waals surface area contributed by atoms with Crippen LogP contribution in [0, 0.1) is 5.92 Å². The van der Waals surface area contributed by atoms with Crippen molar-refractivity contribution in [2.75, 3.05) is 112 Å². The van der Waals surface area contributed by atoms with E-state index < -0.39 is 0 Å². The third-order valence-electron chi connectivity index (χ3n) is 4.85. The van der Waals surface area contributed by atoms with Gasteiger partial charge >= 0.3 is 0 Å². The van der Waals surface area contributed by atoms with E-state index in [0.717, 1.165) is 13.0 Å². The fourth-order valence-electron chi connectivity index (χ4n) is 2.74. The highest BCUT2D eigenvalue weighted by Crippen LogP contribution is 1.98. The van der Waals surface area contributed by atoms with Crippen LogP contribution in [0.1, 0.15) is 40.5 Å². The second kappa shape index (κ2) is 29.6. The Kier molecular flexibility index (Phi) is 28.6. The first kappa shape index (κ1) is 37.6. The Morgan fingerprint density at radius 1 is 0.513 bits per heavy atom. The minimum absolute atomic E-state index is 0.0341.